The van der Waals surface area contributed by atoms with Crippen molar-refractivity contribution in [1.29, 1.82) is 0 Å². The van der Waals surface area contributed by atoms with Gasteiger partial charge in [-0.1, -0.05) is 24.3 Å². The van der Waals surface area contributed by atoms with E-state index in [2.05, 4.69) is 10.3 Å². The summed E-state index contributed by atoms with van der Waals surface area (Å²) in [5, 5.41) is 17.5. The molecule has 0 aliphatic heterocycles. The van der Waals surface area contributed by atoms with E-state index in [0.29, 0.717) is 17.0 Å². The molecule has 2 aromatic heterocycles. The molecule has 1 unspecified atom stereocenters. The molecule has 0 amide bonds. The van der Waals surface area contributed by atoms with Crippen LogP contribution in [0.5, 0.6) is 0 Å². The standard InChI is InChI=1S/C22H16F5N3O3/c1-2-21(32,22(25,26)27)19-11-30(29-28-19)10-12-3-4-16-17(9-20(31)33-18(16)5-12)13-6-14(23)8-15(24)7-13/h3-9,11,32H,2,10H2,1H3. The molecule has 0 saturated carbocycles. The van der Waals surface area contributed by atoms with Crippen LogP contribution in [0, 0.1) is 11.6 Å². The van der Waals surface area contributed by atoms with Crippen molar-refractivity contribution in [3.05, 3.63) is 82.0 Å². The summed E-state index contributed by atoms with van der Waals surface area (Å²) < 4.78 is 73.4. The van der Waals surface area contributed by atoms with Crippen molar-refractivity contribution >= 4 is 11.0 Å². The summed E-state index contributed by atoms with van der Waals surface area (Å²) in [4.78, 5) is 12.0. The summed E-state index contributed by atoms with van der Waals surface area (Å²) in [6.07, 6.45) is -4.58. The molecule has 2 heterocycles. The highest BCUT2D eigenvalue weighted by atomic mass is 19.4. The van der Waals surface area contributed by atoms with Crippen molar-refractivity contribution in [1.82, 2.24) is 15.0 Å². The molecular formula is C22H16F5N3O3. The lowest BCUT2D eigenvalue weighted by molar-refractivity contribution is -0.269. The van der Waals surface area contributed by atoms with Gasteiger partial charge in [0.1, 0.15) is 22.9 Å². The summed E-state index contributed by atoms with van der Waals surface area (Å²) in [5.41, 5.74) is -3.51. The first-order chi connectivity index (χ1) is 15.5. The SMILES string of the molecule is CCC(O)(c1cn(Cc2ccc3c(-c4cc(F)cc(F)c4)cc(=O)oc3c2)nn1)C(F)(F)F. The van der Waals surface area contributed by atoms with Gasteiger partial charge in [-0.05, 0) is 35.7 Å². The summed E-state index contributed by atoms with van der Waals surface area (Å²) >= 11 is 0. The van der Waals surface area contributed by atoms with E-state index in [4.69, 9.17) is 4.42 Å². The number of hydrogen-bond donors (Lipinski definition) is 1. The summed E-state index contributed by atoms with van der Waals surface area (Å²) in [5.74, 6) is -1.62. The van der Waals surface area contributed by atoms with Crippen LogP contribution < -0.4 is 5.63 Å². The lowest BCUT2D eigenvalue weighted by Gasteiger charge is -2.26. The maximum absolute atomic E-state index is 13.7. The summed E-state index contributed by atoms with van der Waals surface area (Å²) in [6, 6.07) is 8.60. The smallest absolute Gasteiger partial charge is 0.423 e. The largest absolute Gasteiger partial charge is 0.423 e. The third-order valence-electron chi connectivity index (χ3n) is 5.27. The molecule has 0 bridgehead atoms. The van der Waals surface area contributed by atoms with Crippen molar-refractivity contribution in [3.8, 4) is 11.1 Å². The molecule has 0 radical (unpaired) electrons. The van der Waals surface area contributed by atoms with E-state index in [-0.39, 0.29) is 23.3 Å². The maximum atomic E-state index is 13.7. The molecule has 0 fully saturated rings. The van der Waals surface area contributed by atoms with Crippen LogP contribution in [-0.2, 0) is 12.1 Å². The Balaban J connectivity index is 1.70. The van der Waals surface area contributed by atoms with Crippen LogP contribution in [0.15, 0.2) is 57.9 Å². The number of alkyl halides is 3. The number of aromatic nitrogens is 3. The fraction of sp³-hybridized carbons (Fsp3) is 0.227. The van der Waals surface area contributed by atoms with Gasteiger partial charge in [0.25, 0.3) is 0 Å². The number of rotatable bonds is 5. The van der Waals surface area contributed by atoms with Gasteiger partial charge in [0.15, 0.2) is 0 Å². The van der Waals surface area contributed by atoms with Gasteiger partial charge in [0.2, 0.25) is 5.60 Å². The second-order valence-electron chi connectivity index (χ2n) is 7.48. The number of hydrogen-bond acceptors (Lipinski definition) is 5. The molecule has 0 aliphatic rings. The quantitative estimate of drug-likeness (QED) is 0.346. The topological polar surface area (TPSA) is 81.2 Å². The van der Waals surface area contributed by atoms with Crippen LogP contribution in [0.25, 0.3) is 22.1 Å². The van der Waals surface area contributed by atoms with Gasteiger partial charge in [-0.3, -0.25) is 0 Å². The number of benzene rings is 2. The molecule has 0 spiro atoms. The van der Waals surface area contributed by atoms with Crippen LogP contribution in [0.1, 0.15) is 24.6 Å². The second-order valence-corrected chi connectivity index (χ2v) is 7.48. The fourth-order valence-corrected chi connectivity index (χ4v) is 3.53. The van der Waals surface area contributed by atoms with E-state index >= 15 is 0 Å². The number of halogens is 5. The van der Waals surface area contributed by atoms with Crippen LogP contribution in [0.2, 0.25) is 0 Å². The highest BCUT2D eigenvalue weighted by Crippen LogP contribution is 2.40. The Morgan fingerprint density at radius 2 is 1.76 bits per heavy atom. The minimum atomic E-state index is -4.93. The highest BCUT2D eigenvalue weighted by Gasteiger charge is 2.55. The lowest BCUT2D eigenvalue weighted by atomic mass is 9.96. The van der Waals surface area contributed by atoms with Gasteiger partial charge in [0.05, 0.1) is 12.7 Å². The Kier molecular flexibility index (Phi) is 5.52. The molecule has 4 aromatic rings. The zero-order chi connectivity index (χ0) is 24.0. The third kappa shape index (κ3) is 4.23. The van der Waals surface area contributed by atoms with Crippen molar-refractivity contribution in [2.75, 3.05) is 0 Å². The first kappa shape index (κ1) is 22.6. The molecule has 11 heteroatoms. The van der Waals surface area contributed by atoms with Crippen LogP contribution in [0.4, 0.5) is 22.0 Å². The molecule has 0 aliphatic carbocycles. The minimum Gasteiger partial charge on any atom is -0.423 e. The Morgan fingerprint density at radius 1 is 1.06 bits per heavy atom. The maximum Gasteiger partial charge on any atom is 0.423 e. The van der Waals surface area contributed by atoms with E-state index in [9.17, 15) is 31.9 Å². The van der Waals surface area contributed by atoms with Gasteiger partial charge in [-0.2, -0.15) is 13.2 Å². The molecule has 1 atom stereocenters. The van der Waals surface area contributed by atoms with Crippen LogP contribution in [-0.4, -0.2) is 26.3 Å². The molecule has 6 nitrogen and oxygen atoms in total. The van der Waals surface area contributed by atoms with Crippen molar-refractivity contribution < 1.29 is 31.5 Å². The minimum absolute atomic E-state index is 0.0386. The monoisotopic (exact) mass is 465 g/mol. The van der Waals surface area contributed by atoms with Crippen LogP contribution in [0.3, 0.4) is 0 Å². The molecule has 4 rings (SSSR count). The molecule has 2 aromatic carbocycles. The van der Waals surface area contributed by atoms with Gasteiger partial charge in [-0.15, -0.1) is 5.10 Å². The summed E-state index contributed by atoms with van der Waals surface area (Å²) in [7, 11) is 0. The third-order valence-corrected chi connectivity index (χ3v) is 5.27. The summed E-state index contributed by atoms with van der Waals surface area (Å²) in [6.45, 7) is 1.14. The Labute approximate surface area is 182 Å². The predicted octanol–water partition coefficient (Wildman–Crippen LogP) is 4.54. The first-order valence-electron chi connectivity index (χ1n) is 9.73. The van der Waals surface area contributed by atoms with Gasteiger partial charge in [-0.25, -0.2) is 18.3 Å². The molecular weight excluding hydrogens is 449 g/mol. The van der Waals surface area contributed by atoms with E-state index in [1.54, 1.807) is 12.1 Å². The zero-order valence-electron chi connectivity index (χ0n) is 17.0. The molecule has 172 valence electrons. The van der Waals surface area contributed by atoms with Gasteiger partial charge >= 0.3 is 11.8 Å². The predicted molar refractivity (Wildman–Crippen MR) is 107 cm³/mol. The Bertz CT molecular complexity index is 1380. The highest BCUT2D eigenvalue weighted by molar-refractivity contribution is 5.93. The van der Waals surface area contributed by atoms with E-state index < -0.39 is 41.2 Å². The molecule has 1 N–H and O–H groups in total. The zero-order valence-corrected chi connectivity index (χ0v) is 17.0. The first-order valence-corrected chi connectivity index (χ1v) is 9.73. The van der Waals surface area contributed by atoms with Crippen molar-refractivity contribution in [3.63, 3.8) is 0 Å². The molecule has 33 heavy (non-hydrogen) atoms. The van der Waals surface area contributed by atoms with Crippen molar-refractivity contribution in [2.24, 2.45) is 0 Å². The van der Waals surface area contributed by atoms with Crippen LogP contribution >= 0.6 is 0 Å². The fourth-order valence-electron chi connectivity index (χ4n) is 3.53. The second kappa shape index (κ2) is 8.07. The van der Waals surface area contributed by atoms with Crippen molar-refractivity contribution in [2.45, 2.75) is 31.7 Å². The Morgan fingerprint density at radius 3 is 2.39 bits per heavy atom. The molecule has 0 saturated heterocycles. The number of aliphatic hydroxyl groups is 1. The van der Waals surface area contributed by atoms with E-state index in [0.717, 1.165) is 29.1 Å². The lowest BCUT2D eigenvalue weighted by Crippen LogP contribution is -2.42. The van der Waals surface area contributed by atoms with E-state index in [1.807, 2.05) is 0 Å². The average molecular weight is 465 g/mol. The van der Waals surface area contributed by atoms with Gasteiger partial charge in [0, 0.05) is 23.1 Å². The number of nitrogens with zero attached hydrogens (tertiary/aromatic N) is 3. The normalized spacial score (nSPS) is 13.9. The van der Waals surface area contributed by atoms with Gasteiger partial charge < -0.3 is 9.52 Å². The van der Waals surface area contributed by atoms with E-state index in [1.165, 1.54) is 13.0 Å². The average Bonchev–Trinajstić information content (AvgIpc) is 3.19. The Hall–Kier alpha value is -3.60. The number of fused-ring (bicyclic) bond motifs is 1.